The van der Waals surface area contributed by atoms with Crippen LogP contribution in [0.25, 0.3) is 21.8 Å². The number of β-amino-alcohol motifs (C(OH)–C–C–N with tert-alkyl or cyclic N) is 1. The Hall–Kier alpha value is -6.55. The van der Waals surface area contributed by atoms with Crippen LogP contribution in [0, 0.1) is 28.4 Å². The first kappa shape index (κ1) is 53.3. The Morgan fingerprint density at radius 1 is 1.06 bits per heavy atom. The van der Waals surface area contributed by atoms with E-state index in [1.165, 1.54) is 42.2 Å². The average Bonchev–Trinajstić information content (AvgIpc) is 4.11. The monoisotopic (exact) mass is 1050 g/mol. The van der Waals surface area contributed by atoms with Crippen LogP contribution in [-0.2, 0) is 31.5 Å². The van der Waals surface area contributed by atoms with Crippen molar-refractivity contribution in [1.82, 2.24) is 25.2 Å². The molecule has 14 nitrogen and oxygen atoms in total. The zero-order valence-corrected chi connectivity index (χ0v) is 40.7. The smallest absolute Gasteiger partial charge is 0.420 e. The predicted molar refractivity (Wildman–Crippen MR) is 251 cm³/mol. The van der Waals surface area contributed by atoms with Crippen LogP contribution in [0.5, 0.6) is 5.75 Å². The van der Waals surface area contributed by atoms with Gasteiger partial charge in [0.2, 0.25) is 11.8 Å². The number of rotatable bonds is 15. The van der Waals surface area contributed by atoms with Gasteiger partial charge in [-0.15, -0.1) is 11.3 Å². The van der Waals surface area contributed by atoms with Crippen molar-refractivity contribution in [2.45, 2.75) is 90.0 Å². The summed E-state index contributed by atoms with van der Waals surface area (Å²) in [6, 6.07) is 8.47. The summed E-state index contributed by atoms with van der Waals surface area (Å²) >= 11 is 6.89. The Labute approximate surface area is 416 Å². The molecule has 0 unspecified atom stereocenters. The van der Waals surface area contributed by atoms with Gasteiger partial charge in [-0.05, 0) is 86.1 Å². The van der Waals surface area contributed by atoms with Gasteiger partial charge in [0.1, 0.15) is 41.0 Å². The summed E-state index contributed by atoms with van der Waals surface area (Å²) in [5.41, 5.74) is -8.79. The first-order valence-electron chi connectivity index (χ1n) is 22.2. The van der Waals surface area contributed by atoms with Gasteiger partial charge in [-0.25, -0.2) is 13.8 Å². The molecular formula is C48H46F8N8O6S2. The Balaban J connectivity index is 0.942. The average molecular weight is 1050 g/mol. The summed E-state index contributed by atoms with van der Waals surface area (Å²) in [7, 11) is 0. The molecule has 3 amide bonds. The molecule has 0 spiro atoms. The second-order valence-corrected chi connectivity index (χ2v) is 19.8. The Kier molecular flexibility index (Phi) is 15.2. The number of carbonyl (C=O) groups is 3. The van der Waals surface area contributed by atoms with E-state index in [9.17, 15) is 45.8 Å². The molecule has 3 aromatic heterocycles. The van der Waals surface area contributed by atoms with E-state index >= 15 is 8.78 Å². The number of aromatic amines is 1. The van der Waals surface area contributed by atoms with E-state index in [1.807, 2.05) is 17.5 Å². The van der Waals surface area contributed by atoms with Crippen LogP contribution in [-0.4, -0.2) is 91.8 Å². The largest absolute Gasteiger partial charge is 0.494 e. The van der Waals surface area contributed by atoms with Gasteiger partial charge in [0.15, 0.2) is 16.7 Å². The number of aliphatic hydroxyl groups is 1. The Morgan fingerprint density at radius 2 is 1.78 bits per heavy atom. The number of pyridine rings is 1. The summed E-state index contributed by atoms with van der Waals surface area (Å²) in [6.07, 6.45) is -7.68. The van der Waals surface area contributed by atoms with Gasteiger partial charge in [-0.1, -0.05) is 26.8 Å². The highest BCUT2D eigenvalue weighted by Crippen LogP contribution is 2.44. The molecule has 0 radical (unpaired) electrons. The van der Waals surface area contributed by atoms with Crippen LogP contribution in [0.1, 0.15) is 82.4 Å². The molecule has 2 aliphatic heterocycles. The van der Waals surface area contributed by atoms with Gasteiger partial charge < -0.3 is 34.7 Å². The fourth-order valence-corrected chi connectivity index (χ4v) is 9.61. The van der Waals surface area contributed by atoms with Crippen LogP contribution >= 0.6 is 23.6 Å². The maximum atomic E-state index is 15.9. The minimum Gasteiger partial charge on any atom is -0.494 e. The lowest BCUT2D eigenvalue weighted by Gasteiger charge is -2.35. The second-order valence-electron chi connectivity index (χ2n) is 18.5. The van der Waals surface area contributed by atoms with E-state index in [4.69, 9.17) is 27.0 Å². The standard InChI is InChI=1S/C48H46F8N8O6S2/c1-45(2,3)40(42(67)62-23-27(65)18-34(62)41-59-22-32(60-41)35-9-8-16-72-35)61-36(66)24-69-14-6-7-15-70-28-11-12-29(30(19-28)47(51,52)53)39-31(49)17-26(21-58-39)64-44(71)63(43(68)46(64,4)5)33-13-10-25(20-57)37(38(33)50)48(54,55)56/h8-13,16-17,19,21-22,27,34,40,65H,6-7,14-15,18,23-24H2,1-5H3,(H,59,60)(H,61,66)/t27-,34+,40-/m1/s1. The van der Waals surface area contributed by atoms with Crippen LogP contribution in [0.4, 0.5) is 46.5 Å². The summed E-state index contributed by atoms with van der Waals surface area (Å²) in [4.78, 5) is 56.3. The third-order valence-electron chi connectivity index (χ3n) is 11.9. The first-order chi connectivity index (χ1) is 33.7. The lowest BCUT2D eigenvalue weighted by Crippen LogP contribution is -2.55. The number of nitrogens with zero attached hydrogens (tertiary/aromatic N) is 6. The number of benzene rings is 2. The maximum absolute atomic E-state index is 15.9. The number of aromatic nitrogens is 3. The molecule has 5 aromatic rings. The Morgan fingerprint density at radius 3 is 2.42 bits per heavy atom. The molecule has 72 heavy (non-hydrogen) atoms. The molecule has 2 aliphatic rings. The summed E-state index contributed by atoms with van der Waals surface area (Å²) in [6.45, 7) is 7.51. The lowest BCUT2D eigenvalue weighted by molar-refractivity contribution is -0.141. The number of ether oxygens (including phenoxy) is 2. The first-order valence-corrected chi connectivity index (χ1v) is 23.5. The van der Waals surface area contributed by atoms with E-state index < -0.39 is 116 Å². The van der Waals surface area contributed by atoms with E-state index in [2.05, 4.69) is 20.3 Å². The molecule has 3 N–H and O–H groups in total. The van der Waals surface area contributed by atoms with Gasteiger partial charge >= 0.3 is 12.4 Å². The number of halogens is 8. The Bertz CT molecular complexity index is 2920. The van der Waals surface area contributed by atoms with Crippen molar-refractivity contribution < 1.29 is 64.1 Å². The van der Waals surface area contributed by atoms with Crippen LogP contribution in [0.15, 0.2) is 66.3 Å². The second kappa shape index (κ2) is 20.5. The zero-order chi connectivity index (χ0) is 52.7. The summed E-state index contributed by atoms with van der Waals surface area (Å²) in [5.74, 6) is -4.97. The number of hydrogen-bond acceptors (Lipinski definition) is 11. The number of carbonyl (C=O) groups excluding carboxylic acids is 3. The van der Waals surface area contributed by atoms with Crippen molar-refractivity contribution in [1.29, 1.82) is 5.26 Å². The van der Waals surface area contributed by atoms with E-state index in [-0.39, 0.29) is 44.0 Å². The number of nitriles is 1. The fourth-order valence-electron chi connectivity index (χ4n) is 8.40. The predicted octanol–water partition coefficient (Wildman–Crippen LogP) is 9.35. The molecule has 2 aromatic carbocycles. The molecule has 0 saturated carbocycles. The molecule has 0 bridgehead atoms. The van der Waals surface area contributed by atoms with Crippen molar-refractivity contribution in [2.75, 3.05) is 36.2 Å². The number of anilines is 2. The van der Waals surface area contributed by atoms with Crippen LogP contribution < -0.4 is 19.9 Å². The lowest BCUT2D eigenvalue weighted by atomic mass is 9.85. The third-order valence-corrected chi connectivity index (χ3v) is 13.2. The minimum atomic E-state index is -5.33. The van der Waals surface area contributed by atoms with Gasteiger partial charge in [-0.3, -0.25) is 24.3 Å². The SMILES string of the molecule is CC(C)(C)[C@H](NC(=O)COCCCCOc1ccc(-c2ncc(N3C(=S)N(c4ccc(C#N)c(C(F)(F)F)c4F)C(=O)C3(C)C)cc2F)c(C(F)(F)F)c1)C(=O)N1C[C@H](O)C[C@H]1c1nc(-c2cccs2)c[nH]1. The number of thiophene rings is 1. The zero-order valence-electron chi connectivity index (χ0n) is 39.0. The topological polar surface area (TPSA) is 177 Å². The number of H-pyrrole nitrogens is 1. The molecule has 7 rings (SSSR count). The summed E-state index contributed by atoms with van der Waals surface area (Å²) in [5, 5.41) is 23.8. The van der Waals surface area contributed by atoms with Crippen molar-refractivity contribution in [3.8, 4) is 33.6 Å². The molecular weight excluding hydrogens is 1000 g/mol. The highest BCUT2D eigenvalue weighted by Gasteiger charge is 2.52. The molecule has 2 fully saturated rings. The summed E-state index contributed by atoms with van der Waals surface area (Å²) < 4.78 is 127. The highest BCUT2D eigenvalue weighted by molar-refractivity contribution is 7.81. The molecule has 5 heterocycles. The number of alkyl halides is 6. The van der Waals surface area contributed by atoms with Gasteiger partial charge in [0, 0.05) is 37.4 Å². The van der Waals surface area contributed by atoms with Crippen molar-refractivity contribution in [3.63, 3.8) is 0 Å². The number of thiocarbonyl (C=S) groups is 1. The van der Waals surface area contributed by atoms with Gasteiger partial charge in [0.05, 0.1) is 64.1 Å². The van der Waals surface area contributed by atoms with Crippen LogP contribution in [0.2, 0.25) is 0 Å². The van der Waals surface area contributed by atoms with Crippen molar-refractivity contribution in [3.05, 3.63) is 100 Å². The fraction of sp³-hybridized carbons (Fsp3) is 0.396. The van der Waals surface area contributed by atoms with E-state index in [0.29, 0.717) is 35.0 Å². The van der Waals surface area contributed by atoms with Gasteiger partial charge in [-0.2, -0.15) is 31.6 Å². The molecule has 24 heteroatoms. The molecule has 0 aliphatic carbocycles. The number of nitrogens with one attached hydrogen (secondary N) is 2. The molecule has 3 atom stereocenters. The highest BCUT2D eigenvalue weighted by atomic mass is 32.1. The van der Waals surface area contributed by atoms with Crippen molar-refractivity contribution in [2.24, 2.45) is 5.41 Å². The number of aliphatic hydroxyl groups excluding tert-OH is 1. The maximum Gasteiger partial charge on any atom is 0.420 e. The normalized spacial score (nSPS) is 17.7. The quantitative estimate of drug-likeness (QED) is 0.0517. The van der Waals surface area contributed by atoms with Gasteiger partial charge in [0.25, 0.3) is 5.91 Å². The molecule has 382 valence electrons. The van der Waals surface area contributed by atoms with Crippen molar-refractivity contribution >= 4 is 57.8 Å². The number of imidazole rings is 1. The number of unbranched alkanes of at least 4 members (excludes halogenated alkanes) is 1. The third kappa shape index (κ3) is 10.9. The number of amides is 3. The van der Waals surface area contributed by atoms with E-state index in [1.54, 1.807) is 27.0 Å². The number of likely N-dealkylation sites (tertiary alicyclic amines) is 1. The minimum absolute atomic E-state index is 0.0453. The number of hydrogen-bond donors (Lipinski definition) is 3. The molecule has 2 saturated heterocycles. The van der Waals surface area contributed by atoms with E-state index in [0.717, 1.165) is 34.2 Å². The van der Waals surface area contributed by atoms with Crippen LogP contribution in [0.3, 0.4) is 0 Å².